The Bertz CT molecular complexity index is 973. The van der Waals surface area contributed by atoms with Gasteiger partial charge in [-0.15, -0.1) is 0 Å². The van der Waals surface area contributed by atoms with Crippen LogP contribution in [0.15, 0.2) is 36.5 Å². The van der Waals surface area contributed by atoms with Crippen LogP contribution < -0.4 is 0 Å². The van der Waals surface area contributed by atoms with E-state index in [9.17, 15) is 13.2 Å². The normalized spacial score (nSPS) is 14.9. The zero-order valence-electron chi connectivity index (χ0n) is 15.7. The van der Waals surface area contributed by atoms with Crippen LogP contribution in [0, 0.1) is 6.92 Å². The Balaban J connectivity index is 1.49. The van der Waals surface area contributed by atoms with Gasteiger partial charge in [0.1, 0.15) is 0 Å². The molecule has 3 heterocycles. The maximum Gasteiger partial charge on any atom is 0.416 e. The fourth-order valence-electron chi connectivity index (χ4n) is 3.40. The first kappa shape index (κ1) is 18.6. The third kappa shape index (κ3) is 3.77. The highest BCUT2D eigenvalue weighted by Crippen LogP contribution is 2.30. The van der Waals surface area contributed by atoms with Crippen LogP contribution in [0.25, 0.3) is 11.4 Å². The van der Waals surface area contributed by atoms with Gasteiger partial charge in [-0.05, 0) is 25.1 Å². The molecule has 8 heteroatoms. The summed E-state index contributed by atoms with van der Waals surface area (Å²) in [7, 11) is 1.93. The molecule has 0 atom stereocenters. The first-order valence-corrected chi connectivity index (χ1v) is 9.04. The standard InChI is InChI=1S/C20H20F3N5/c1-13-9-17(26-27(13)2)12-28-8-7-18-15(11-28)10-24-19(25-18)14-3-5-16(6-4-14)20(21,22)23/h3-6,9-10H,7-8,11-12H2,1-2H3. The summed E-state index contributed by atoms with van der Waals surface area (Å²) in [6.07, 6.45) is -1.78. The molecule has 5 nitrogen and oxygen atoms in total. The Labute approximate surface area is 160 Å². The molecule has 3 aromatic rings. The van der Waals surface area contributed by atoms with E-state index in [1.54, 1.807) is 6.20 Å². The van der Waals surface area contributed by atoms with Crippen molar-refractivity contribution in [3.8, 4) is 11.4 Å². The Hall–Kier alpha value is -2.74. The molecular weight excluding hydrogens is 367 g/mol. The van der Waals surface area contributed by atoms with Gasteiger partial charge in [0.05, 0.1) is 17.0 Å². The molecule has 0 saturated carbocycles. The van der Waals surface area contributed by atoms with Gasteiger partial charge in [-0.1, -0.05) is 12.1 Å². The lowest BCUT2D eigenvalue weighted by atomic mass is 10.1. The fraction of sp³-hybridized carbons (Fsp3) is 0.350. The Morgan fingerprint density at radius 3 is 2.54 bits per heavy atom. The average molecular weight is 387 g/mol. The second-order valence-electron chi connectivity index (χ2n) is 7.10. The minimum atomic E-state index is -4.34. The van der Waals surface area contributed by atoms with Gasteiger partial charge in [0.25, 0.3) is 0 Å². The van der Waals surface area contributed by atoms with Crippen LogP contribution in [-0.4, -0.2) is 31.2 Å². The molecule has 1 aliphatic heterocycles. The van der Waals surface area contributed by atoms with E-state index < -0.39 is 11.7 Å². The van der Waals surface area contributed by atoms with E-state index >= 15 is 0 Å². The summed E-state index contributed by atoms with van der Waals surface area (Å²) in [5.41, 5.74) is 4.08. The van der Waals surface area contributed by atoms with E-state index in [0.29, 0.717) is 11.4 Å². The van der Waals surface area contributed by atoms with Crippen molar-refractivity contribution in [3.05, 3.63) is 64.7 Å². The molecule has 1 aromatic carbocycles. The van der Waals surface area contributed by atoms with Gasteiger partial charge in [0.2, 0.25) is 0 Å². The van der Waals surface area contributed by atoms with E-state index in [1.807, 2.05) is 18.7 Å². The minimum absolute atomic E-state index is 0.460. The monoisotopic (exact) mass is 387 g/mol. The SMILES string of the molecule is Cc1cc(CN2CCc3nc(-c4ccc(C(F)(F)F)cc4)ncc3C2)nn1C. The number of hydrogen-bond donors (Lipinski definition) is 0. The number of rotatable bonds is 3. The maximum atomic E-state index is 12.7. The van der Waals surface area contributed by atoms with E-state index in [-0.39, 0.29) is 0 Å². The fourth-order valence-corrected chi connectivity index (χ4v) is 3.40. The quantitative estimate of drug-likeness (QED) is 0.687. The predicted octanol–water partition coefficient (Wildman–Crippen LogP) is 3.76. The summed E-state index contributed by atoms with van der Waals surface area (Å²) in [6, 6.07) is 7.05. The van der Waals surface area contributed by atoms with Gasteiger partial charge in [0, 0.05) is 56.1 Å². The van der Waals surface area contributed by atoms with Gasteiger partial charge in [-0.3, -0.25) is 9.58 Å². The lowest BCUT2D eigenvalue weighted by molar-refractivity contribution is -0.137. The van der Waals surface area contributed by atoms with E-state index in [2.05, 4.69) is 26.0 Å². The third-order valence-corrected chi connectivity index (χ3v) is 5.03. The predicted molar refractivity (Wildman–Crippen MR) is 98.2 cm³/mol. The first-order valence-electron chi connectivity index (χ1n) is 9.04. The number of halogens is 3. The van der Waals surface area contributed by atoms with Crippen molar-refractivity contribution in [2.75, 3.05) is 6.54 Å². The molecule has 2 aromatic heterocycles. The van der Waals surface area contributed by atoms with Crippen molar-refractivity contribution >= 4 is 0 Å². The van der Waals surface area contributed by atoms with Crippen molar-refractivity contribution in [1.82, 2.24) is 24.6 Å². The molecule has 0 radical (unpaired) electrons. The summed E-state index contributed by atoms with van der Waals surface area (Å²) in [6.45, 7) is 4.38. The number of fused-ring (bicyclic) bond motifs is 1. The van der Waals surface area contributed by atoms with Crippen molar-refractivity contribution in [1.29, 1.82) is 0 Å². The van der Waals surface area contributed by atoms with E-state index in [4.69, 9.17) is 0 Å². The molecule has 0 bridgehead atoms. The molecule has 28 heavy (non-hydrogen) atoms. The molecule has 1 aliphatic rings. The topological polar surface area (TPSA) is 46.8 Å². The van der Waals surface area contributed by atoms with Crippen LogP contribution in [0.5, 0.6) is 0 Å². The van der Waals surface area contributed by atoms with Gasteiger partial charge < -0.3 is 0 Å². The summed E-state index contributed by atoms with van der Waals surface area (Å²) in [5, 5.41) is 4.50. The number of aromatic nitrogens is 4. The van der Waals surface area contributed by atoms with Crippen LogP contribution >= 0.6 is 0 Å². The van der Waals surface area contributed by atoms with Crippen LogP contribution in [0.3, 0.4) is 0 Å². The Kier molecular flexibility index (Phi) is 4.66. The van der Waals surface area contributed by atoms with Crippen molar-refractivity contribution in [3.63, 3.8) is 0 Å². The molecule has 4 rings (SSSR count). The average Bonchev–Trinajstić information content (AvgIpc) is 2.98. The molecule has 0 saturated heterocycles. The van der Waals surface area contributed by atoms with Crippen LogP contribution in [0.1, 0.15) is 28.2 Å². The number of aryl methyl sites for hydroxylation is 2. The highest BCUT2D eigenvalue weighted by molar-refractivity contribution is 5.56. The van der Waals surface area contributed by atoms with Crippen molar-refractivity contribution in [2.45, 2.75) is 32.6 Å². The van der Waals surface area contributed by atoms with Crippen LogP contribution in [0.4, 0.5) is 13.2 Å². The van der Waals surface area contributed by atoms with E-state index in [0.717, 1.165) is 60.8 Å². The summed E-state index contributed by atoms with van der Waals surface area (Å²) < 4.78 is 40.0. The van der Waals surface area contributed by atoms with Gasteiger partial charge in [-0.2, -0.15) is 18.3 Å². The second-order valence-corrected chi connectivity index (χ2v) is 7.10. The molecule has 0 N–H and O–H groups in total. The van der Waals surface area contributed by atoms with Crippen molar-refractivity contribution in [2.24, 2.45) is 7.05 Å². The summed E-state index contributed by atoms with van der Waals surface area (Å²) >= 11 is 0. The highest BCUT2D eigenvalue weighted by atomic mass is 19.4. The number of alkyl halides is 3. The van der Waals surface area contributed by atoms with Crippen molar-refractivity contribution < 1.29 is 13.2 Å². The van der Waals surface area contributed by atoms with Crippen LogP contribution in [-0.2, 0) is 32.7 Å². The molecule has 0 aliphatic carbocycles. The summed E-state index contributed by atoms with van der Waals surface area (Å²) in [5.74, 6) is 0.460. The summed E-state index contributed by atoms with van der Waals surface area (Å²) in [4.78, 5) is 11.3. The zero-order valence-corrected chi connectivity index (χ0v) is 15.7. The first-order chi connectivity index (χ1) is 13.3. The van der Waals surface area contributed by atoms with Gasteiger partial charge >= 0.3 is 6.18 Å². The lowest BCUT2D eigenvalue weighted by Gasteiger charge is -2.27. The minimum Gasteiger partial charge on any atom is -0.293 e. The van der Waals surface area contributed by atoms with Gasteiger partial charge in [-0.25, -0.2) is 9.97 Å². The molecule has 0 amide bonds. The third-order valence-electron chi connectivity index (χ3n) is 5.03. The zero-order chi connectivity index (χ0) is 19.9. The number of nitrogens with zero attached hydrogens (tertiary/aromatic N) is 5. The van der Waals surface area contributed by atoms with E-state index in [1.165, 1.54) is 12.1 Å². The Morgan fingerprint density at radius 2 is 1.89 bits per heavy atom. The highest BCUT2D eigenvalue weighted by Gasteiger charge is 2.30. The smallest absolute Gasteiger partial charge is 0.293 e. The lowest BCUT2D eigenvalue weighted by Crippen LogP contribution is -2.31. The maximum absolute atomic E-state index is 12.7. The molecule has 146 valence electrons. The molecule has 0 unspecified atom stereocenters. The second kappa shape index (κ2) is 7.01. The molecule has 0 fully saturated rings. The number of benzene rings is 1. The van der Waals surface area contributed by atoms with Crippen LogP contribution in [0.2, 0.25) is 0 Å². The molecule has 0 spiro atoms. The molecular formula is C20H20F3N5. The largest absolute Gasteiger partial charge is 0.416 e. The Morgan fingerprint density at radius 1 is 1.14 bits per heavy atom. The number of hydrogen-bond acceptors (Lipinski definition) is 4. The van der Waals surface area contributed by atoms with Gasteiger partial charge in [0.15, 0.2) is 5.82 Å².